The Morgan fingerprint density at radius 2 is 1.86 bits per heavy atom. The fraction of sp³-hybridized carbons (Fsp3) is 0.647. The van der Waals surface area contributed by atoms with E-state index < -0.39 is 6.10 Å². The second kappa shape index (κ2) is 7.90. The number of ether oxygens (including phenoxy) is 2. The molecule has 4 nitrogen and oxygen atoms in total. The zero-order valence-corrected chi connectivity index (χ0v) is 13.3. The molecule has 2 rings (SSSR count). The highest BCUT2D eigenvalue weighted by Gasteiger charge is 2.23. The highest BCUT2D eigenvalue weighted by Crippen LogP contribution is 2.11. The average Bonchev–Trinajstić information content (AvgIpc) is 2.39. The Morgan fingerprint density at radius 3 is 2.48 bits per heavy atom. The van der Waals surface area contributed by atoms with Crippen LogP contribution in [-0.4, -0.2) is 54.6 Å². The van der Waals surface area contributed by atoms with Gasteiger partial charge in [0.2, 0.25) is 0 Å². The van der Waals surface area contributed by atoms with Crippen LogP contribution in [0.15, 0.2) is 24.3 Å². The Labute approximate surface area is 127 Å². The Balaban J connectivity index is 1.67. The minimum Gasteiger partial charge on any atom is -0.389 e. The molecule has 1 aromatic carbocycles. The molecule has 0 amide bonds. The van der Waals surface area contributed by atoms with Crippen molar-refractivity contribution < 1.29 is 14.6 Å². The van der Waals surface area contributed by atoms with E-state index in [0.717, 1.165) is 18.7 Å². The molecule has 1 fully saturated rings. The zero-order chi connectivity index (χ0) is 15.2. The average molecular weight is 293 g/mol. The Morgan fingerprint density at radius 1 is 1.24 bits per heavy atom. The Kier molecular flexibility index (Phi) is 6.18. The SMILES string of the molecule is Cc1ccc(COCC(O)CN2CC(C)OC(C)C2)cc1. The molecule has 1 aromatic rings. The van der Waals surface area contributed by atoms with E-state index in [1.807, 2.05) is 0 Å². The summed E-state index contributed by atoms with van der Waals surface area (Å²) < 4.78 is 11.3. The number of hydrogen-bond acceptors (Lipinski definition) is 4. The van der Waals surface area contributed by atoms with Gasteiger partial charge in [-0.2, -0.15) is 0 Å². The molecule has 0 aromatic heterocycles. The molecule has 21 heavy (non-hydrogen) atoms. The van der Waals surface area contributed by atoms with Gasteiger partial charge in [-0.1, -0.05) is 29.8 Å². The van der Waals surface area contributed by atoms with Crippen LogP contribution in [0.3, 0.4) is 0 Å². The molecule has 1 heterocycles. The van der Waals surface area contributed by atoms with Crippen molar-refractivity contribution >= 4 is 0 Å². The van der Waals surface area contributed by atoms with Crippen molar-refractivity contribution in [2.45, 2.75) is 45.7 Å². The van der Waals surface area contributed by atoms with Crippen molar-refractivity contribution in [3.8, 4) is 0 Å². The van der Waals surface area contributed by atoms with Crippen LogP contribution in [0.2, 0.25) is 0 Å². The summed E-state index contributed by atoms with van der Waals surface area (Å²) in [4.78, 5) is 2.25. The first kappa shape index (κ1) is 16.4. The van der Waals surface area contributed by atoms with Crippen LogP contribution in [0.5, 0.6) is 0 Å². The molecular formula is C17H27NO3. The van der Waals surface area contributed by atoms with Gasteiger partial charge in [0, 0.05) is 19.6 Å². The molecule has 1 saturated heterocycles. The molecule has 1 N–H and O–H groups in total. The van der Waals surface area contributed by atoms with Crippen LogP contribution < -0.4 is 0 Å². The first-order chi connectivity index (χ1) is 10.0. The van der Waals surface area contributed by atoms with E-state index in [2.05, 4.69) is 49.9 Å². The summed E-state index contributed by atoms with van der Waals surface area (Å²) in [6.45, 7) is 9.52. The number of nitrogens with zero attached hydrogens (tertiary/aromatic N) is 1. The maximum absolute atomic E-state index is 10.1. The Bertz CT molecular complexity index is 411. The lowest BCUT2D eigenvalue weighted by molar-refractivity contribution is -0.0826. The second-order valence-corrected chi connectivity index (χ2v) is 6.13. The van der Waals surface area contributed by atoms with E-state index in [4.69, 9.17) is 9.47 Å². The van der Waals surface area contributed by atoms with Crippen molar-refractivity contribution in [2.75, 3.05) is 26.2 Å². The van der Waals surface area contributed by atoms with Crippen molar-refractivity contribution in [1.82, 2.24) is 4.90 Å². The normalized spacial score (nSPS) is 25.0. The van der Waals surface area contributed by atoms with Gasteiger partial charge in [0.25, 0.3) is 0 Å². The van der Waals surface area contributed by atoms with E-state index in [9.17, 15) is 5.11 Å². The van der Waals surface area contributed by atoms with E-state index >= 15 is 0 Å². The lowest BCUT2D eigenvalue weighted by atomic mass is 10.2. The number of hydrogen-bond donors (Lipinski definition) is 1. The number of morpholine rings is 1. The Hall–Kier alpha value is -0.940. The molecule has 3 unspecified atom stereocenters. The highest BCUT2D eigenvalue weighted by molar-refractivity contribution is 5.20. The quantitative estimate of drug-likeness (QED) is 0.871. The topological polar surface area (TPSA) is 41.9 Å². The lowest BCUT2D eigenvalue weighted by Gasteiger charge is -2.36. The third-order valence-corrected chi connectivity index (χ3v) is 3.66. The summed E-state index contributed by atoms with van der Waals surface area (Å²) >= 11 is 0. The van der Waals surface area contributed by atoms with Crippen molar-refractivity contribution in [3.05, 3.63) is 35.4 Å². The third-order valence-electron chi connectivity index (χ3n) is 3.66. The van der Waals surface area contributed by atoms with Crippen LogP contribution in [0, 0.1) is 6.92 Å². The minimum absolute atomic E-state index is 0.231. The van der Waals surface area contributed by atoms with Crippen molar-refractivity contribution in [1.29, 1.82) is 0 Å². The highest BCUT2D eigenvalue weighted by atomic mass is 16.5. The van der Waals surface area contributed by atoms with Gasteiger partial charge in [0.1, 0.15) is 0 Å². The molecule has 1 aliphatic rings. The molecule has 1 aliphatic heterocycles. The fourth-order valence-electron chi connectivity index (χ4n) is 2.78. The molecule has 0 aliphatic carbocycles. The molecule has 0 spiro atoms. The summed E-state index contributed by atoms with van der Waals surface area (Å²) in [5.41, 5.74) is 2.38. The van der Waals surface area contributed by atoms with Gasteiger partial charge in [-0.05, 0) is 26.3 Å². The van der Waals surface area contributed by atoms with Crippen LogP contribution in [-0.2, 0) is 16.1 Å². The third kappa shape index (κ3) is 5.75. The number of aliphatic hydroxyl groups excluding tert-OH is 1. The van der Waals surface area contributed by atoms with E-state index in [1.54, 1.807) is 0 Å². The van der Waals surface area contributed by atoms with Gasteiger partial charge < -0.3 is 14.6 Å². The molecule has 3 atom stereocenters. The largest absolute Gasteiger partial charge is 0.389 e. The van der Waals surface area contributed by atoms with Gasteiger partial charge in [-0.3, -0.25) is 4.90 Å². The zero-order valence-electron chi connectivity index (χ0n) is 13.3. The van der Waals surface area contributed by atoms with Gasteiger partial charge in [-0.15, -0.1) is 0 Å². The summed E-state index contributed by atoms with van der Waals surface area (Å²) in [5.74, 6) is 0. The maximum atomic E-state index is 10.1. The first-order valence-electron chi connectivity index (χ1n) is 7.72. The maximum Gasteiger partial charge on any atom is 0.0900 e. The van der Waals surface area contributed by atoms with E-state index in [0.29, 0.717) is 19.8 Å². The van der Waals surface area contributed by atoms with Crippen molar-refractivity contribution in [3.63, 3.8) is 0 Å². The van der Waals surface area contributed by atoms with Crippen LogP contribution in [0.25, 0.3) is 0 Å². The molecule has 0 saturated carbocycles. The fourth-order valence-corrected chi connectivity index (χ4v) is 2.78. The predicted octanol–water partition coefficient (Wildman–Crippen LogP) is 1.98. The van der Waals surface area contributed by atoms with E-state index in [1.165, 1.54) is 5.56 Å². The van der Waals surface area contributed by atoms with Gasteiger partial charge >= 0.3 is 0 Å². The summed E-state index contributed by atoms with van der Waals surface area (Å²) in [6, 6.07) is 8.28. The summed E-state index contributed by atoms with van der Waals surface area (Å²) in [7, 11) is 0. The number of benzene rings is 1. The number of aliphatic hydroxyl groups is 1. The van der Waals surface area contributed by atoms with Gasteiger partial charge in [0.15, 0.2) is 0 Å². The smallest absolute Gasteiger partial charge is 0.0900 e. The second-order valence-electron chi connectivity index (χ2n) is 6.13. The van der Waals surface area contributed by atoms with Crippen LogP contribution >= 0.6 is 0 Å². The number of β-amino-alcohol motifs (C(OH)–C–C–N with tert-alkyl or cyclic N) is 1. The van der Waals surface area contributed by atoms with E-state index in [-0.39, 0.29) is 12.2 Å². The molecule has 0 bridgehead atoms. The minimum atomic E-state index is -0.451. The molecule has 118 valence electrons. The van der Waals surface area contributed by atoms with Crippen LogP contribution in [0.1, 0.15) is 25.0 Å². The predicted molar refractivity (Wildman–Crippen MR) is 83.3 cm³/mol. The molecular weight excluding hydrogens is 266 g/mol. The standard InChI is InChI=1S/C17H27NO3/c1-13-4-6-16(7-5-13)11-20-12-17(19)10-18-8-14(2)21-15(3)9-18/h4-7,14-15,17,19H,8-12H2,1-3H3. The van der Waals surface area contributed by atoms with Crippen LogP contribution in [0.4, 0.5) is 0 Å². The summed E-state index contributed by atoms with van der Waals surface area (Å²) in [5, 5.41) is 10.1. The lowest BCUT2D eigenvalue weighted by Crippen LogP contribution is -2.48. The first-order valence-corrected chi connectivity index (χ1v) is 7.72. The monoisotopic (exact) mass is 293 g/mol. The van der Waals surface area contributed by atoms with Gasteiger partial charge in [-0.25, -0.2) is 0 Å². The number of aryl methyl sites for hydroxylation is 1. The number of rotatable bonds is 6. The van der Waals surface area contributed by atoms with Crippen molar-refractivity contribution in [2.24, 2.45) is 0 Å². The van der Waals surface area contributed by atoms with Gasteiger partial charge in [0.05, 0.1) is 31.5 Å². The molecule has 0 radical (unpaired) electrons. The molecule has 4 heteroatoms. The summed E-state index contributed by atoms with van der Waals surface area (Å²) in [6.07, 6.45) is 0.0109.